The molecule has 0 unspecified atom stereocenters. The van der Waals surface area contributed by atoms with Crippen LogP contribution >= 0.6 is 11.3 Å². The summed E-state index contributed by atoms with van der Waals surface area (Å²) in [6.45, 7) is 0.636. The lowest BCUT2D eigenvalue weighted by Gasteiger charge is -2.27. The Kier molecular flexibility index (Phi) is 4.05. The second-order valence-electron chi connectivity index (χ2n) is 5.78. The van der Waals surface area contributed by atoms with Gasteiger partial charge in [0.25, 0.3) is 0 Å². The third-order valence-corrected chi connectivity index (χ3v) is 4.97. The number of benzene rings is 2. The summed E-state index contributed by atoms with van der Waals surface area (Å²) in [6, 6.07) is 17.6. The third-order valence-electron chi connectivity index (χ3n) is 4.24. The highest BCUT2D eigenvalue weighted by Crippen LogP contribution is 2.43. The molecule has 0 saturated heterocycles. The zero-order valence-electron chi connectivity index (χ0n) is 13.1. The predicted molar refractivity (Wildman–Crippen MR) is 95.8 cm³/mol. The summed E-state index contributed by atoms with van der Waals surface area (Å²) in [7, 11) is 0. The number of nitrogens with one attached hydrogen (secondary N) is 1. The summed E-state index contributed by atoms with van der Waals surface area (Å²) in [6.07, 6.45) is 0.849. The van der Waals surface area contributed by atoms with Crippen molar-refractivity contribution in [1.82, 2.24) is 5.32 Å². The van der Waals surface area contributed by atoms with E-state index in [4.69, 9.17) is 4.74 Å². The first-order valence-electron chi connectivity index (χ1n) is 7.97. The average Bonchev–Trinajstić information content (AvgIpc) is 3.13. The van der Waals surface area contributed by atoms with Crippen molar-refractivity contribution in [2.45, 2.75) is 12.3 Å². The summed E-state index contributed by atoms with van der Waals surface area (Å²) >= 11 is 1.68. The van der Waals surface area contributed by atoms with Gasteiger partial charge in [-0.25, -0.2) is 0 Å². The number of ether oxygens (including phenoxy) is 1. The second kappa shape index (κ2) is 6.49. The number of para-hydroxylation sites is 2. The van der Waals surface area contributed by atoms with Crippen LogP contribution in [0.1, 0.15) is 22.6 Å². The van der Waals surface area contributed by atoms with E-state index in [1.165, 1.54) is 5.56 Å². The number of rotatable bonds is 4. The molecular formula is C20H17NO2S. The van der Waals surface area contributed by atoms with E-state index < -0.39 is 0 Å². The molecule has 3 aromatic rings. The van der Waals surface area contributed by atoms with Gasteiger partial charge < -0.3 is 10.1 Å². The van der Waals surface area contributed by atoms with Crippen LogP contribution in [0.15, 0.2) is 65.4 Å². The third kappa shape index (κ3) is 2.81. The maximum Gasteiger partial charge on any atom is 0.232 e. The van der Waals surface area contributed by atoms with E-state index in [0.717, 1.165) is 29.0 Å². The van der Waals surface area contributed by atoms with Crippen molar-refractivity contribution < 1.29 is 9.53 Å². The summed E-state index contributed by atoms with van der Waals surface area (Å²) < 4.78 is 5.94. The quantitative estimate of drug-likeness (QED) is 0.770. The molecule has 0 aliphatic carbocycles. The molecule has 0 spiro atoms. The van der Waals surface area contributed by atoms with Crippen molar-refractivity contribution in [2.24, 2.45) is 0 Å². The van der Waals surface area contributed by atoms with Gasteiger partial charge in [0.05, 0.1) is 5.92 Å². The molecule has 2 heterocycles. The minimum absolute atomic E-state index is 0.0217. The molecule has 0 atom stereocenters. The molecule has 4 rings (SSSR count). The first-order valence-corrected chi connectivity index (χ1v) is 8.92. The largest absolute Gasteiger partial charge is 0.457 e. The van der Waals surface area contributed by atoms with Crippen molar-refractivity contribution in [3.8, 4) is 11.5 Å². The van der Waals surface area contributed by atoms with Gasteiger partial charge in [0.15, 0.2) is 0 Å². The molecule has 1 aliphatic rings. The van der Waals surface area contributed by atoms with Crippen molar-refractivity contribution in [3.63, 3.8) is 0 Å². The lowest BCUT2D eigenvalue weighted by atomic mass is 9.87. The monoisotopic (exact) mass is 335 g/mol. The normalized spacial score (nSPS) is 12.8. The SMILES string of the molecule is O=C(NCCc1ccsc1)C1c2ccccc2Oc2ccccc21. The van der Waals surface area contributed by atoms with Gasteiger partial charge in [0, 0.05) is 17.7 Å². The summed E-state index contributed by atoms with van der Waals surface area (Å²) in [4.78, 5) is 12.9. The Morgan fingerprint density at radius 2 is 1.67 bits per heavy atom. The average molecular weight is 335 g/mol. The molecular weight excluding hydrogens is 318 g/mol. The van der Waals surface area contributed by atoms with Gasteiger partial charge in [0.2, 0.25) is 5.91 Å². The molecule has 1 aromatic heterocycles. The molecule has 0 radical (unpaired) electrons. The van der Waals surface area contributed by atoms with E-state index in [-0.39, 0.29) is 11.8 Å². The molecule has 1 aliphatic heterocycles. The Bertz CT molecular complexity index is 812. The standard InChI is InChI=1S/C20H17NO2S/c22-20(21-11-9-14-10-12-24-13-14)19-15-5-1-3-7-17(15)23-18-8-4-2-6-16(18)19/h1-8,10,12-13,19H,9,11H2,(H,21,22). The van der Waals surface area contributed by atoms with Crippen LogP contribution in [0.25, 0.3) is 0 Å². The van der Waals surface area contributed by atoms with Crippen LogP contribution in [0.2, 0.25) is 0 Å². The van der Waals surface area contributed by atoms with E-state index in [1.54, 1.807) is 11.3 Å². The molecule has 0 bridgehead atoms. The molecule has 4 heteroatoms. The van der Waals surface area contributed by atoms with E-state index in [9.17, 15) is 4.79 Å². The van der Waals surface area contributed by atoms with Gasteiger partial charge in [-0.3, -0.25) is 4.79 Å². The smallest absolute Gasteiger partial charge is 0.232 e. The van der Waals surface area contributed by atoms with Gasteiger partial charge in [-0.15, -0.1) is 0 Å². The van der Waals surface area contributed by atoms with E-state index in [1.807, 2.05) is 48.5 Å². The van der Waals surface area contributed by atoms with E-state index >= 15 is 0 Å². The van der Waals surface area contributed by atoms with Crippen molar-refractivity contribution >= 4 is 17.2 Å². The molecule has 3 nitrogen and oxygen atoms in total. The number of carbonyl (C=O) groups is 1. The summed E-state index contributed by atoms with van der Waals surface area (Å²) in [5.74, 6) is 1.21. The first kappa shape index (κ1) is 15.0. The Balaban J connectivity index is 1.58. The minimum Gasteiger partial charge on any atom is -0.457 e. The number of carbonyl (C=O) groups excluding carboxylic acids is 1. The van der Waals surface area contributed by atoms with Crippen molar-refractivity contribution in [2.75, 3.05) is 6.54 Å². The van der Waals surface area contributed by atoms with Crippen LogP contribution in [0.4, 0.5) is 0 Å². The van der Waals surface area contributed by atoms with Crippen LogP contribution in [0, 0.1) is 0 Å². The van der Waals surface area contributed by atoms with Gasteiger partial charge in [-0.05, 0) is 40.9 Å². The second-order valence-corrected chi connectivity index (χ2v) is 6.56. The van der Waals surface area contributed by atoms with Gasteiger partial charge in [-0.1, -0.05) is 36.4 Å². The van der Waals surface area contributed by atoms with Gasteiger partial charge in [-0.2, -0.15) is 11.3 Å². The molecule has 0 fully saturated rings. The number of thiophene rings is 1. The van der Waals surface area contributed by atoms with Crippen LogP contribution in [0.3, 0.4) is 0 Å². The number of hydrogen-bond acceptors (Lipinski definition) is 3. The topological polar surface area (TPSA) is 38.3 Å². The minimum atomic E-state index is -0.325. The van der Waals surface area contributed by atoms with Crippen molar-refractivity contribution in [3.05, 3.63) is 82.0 Å². The number of hydrogen-bond donors (Lipinski definition) is 1. The molecule has 1 amide bonds. The zero-order chi connectivity index (χ0) is 16.4. The first-order chi connectivity index (χ1) is 11.8. The van der Waals surface area contributed by atoms with Crippen LogP contribution in [0.5, 0.6) is 11.5 Å². The predicted octanol–water partition coefficient (Wildman–Crippen LogP) is 4.34. The lowest BCUT2D eigenvalue weighted by molar-refractivity contribution is -0.121. The van der Waals surface area contributed by atoms with Crippen LogP contribution in [-0.4, -0.2) is 12.5 Å². The number of amides is 1. The molecule has 120 valence electrons. The van der Waals surface area contributed by atoms with Crippen LogP contribution < -0.4 is 10.1 Å². The Hall–Kier alpha value is -2.59. The highest BCUT2D eigenvalue weighted by atomic mass is 32.1. The van der Waals surface area contributed by atoms with Crippen LogP contribution in [-0.2, 0) is 11.2 Å². The van der Waals surface area contributed by atoms with E-state index in [0.29, 0.717) is 6.54 Å². The summed E-state index contributed by atoms with van der Waals surface area (Å²) in [5.41, 5.74) is 3.10. The molecule has 24 heavy (non-hydrogen) atoms. The highest BCUT2D eigenvalue weighted by Gasteiger charge is 2.31. The molecule has 1 N–H and O–H groups in total. The molecule has 0 saturated carbocycles. The van der Waals surface area contributed by atoms with Gasteiger partial charge >= 0.3 is 0 Å². The fourth-order valence-electron chi connectivity index (χ4n) is 3.06. The molecule has 2 aromatic carbocycles. The highest BCUT2D eigenvalue weighted by molar-refractivity contribution is 7.07. The number of fused-ring (bicyclic) bond motifs is 2. The van der Waals surface area contributed by atoms with E-state index in [2.05, 4.69) is 22.1 Å². The maximum absolute atomic E-state index is 12.9. The Morgan fingerprint density at radius 3 is 2.29 bits per heavy atom. The van der Waals surface area contributed by atoms with Gasteiger partial charge in [0.1, 0.15) is 11.5 Å². The lowest BCUT2D eigenvalue weighted by Crippen LogP contribution is -2.32. The zero-order valence-corrected chi connectivity index (χ0v) is 13.9. The summed E-state index contributed by atoms with van der Waals surface area (Å²) in [5, 5.41) is 7.26. The fraction of sp³-hybridized carbons (Fsp3) is 0.150. The fourth-order valence-corrected chi connectivity index (χ4v) is 3.76. The Labute approximate surface area is 144 Å². The van der Waals surface area contributed by atoms with Crippen molar-refractivity contribution in [1.29, 1.82) is 0 Å². The maximum atomic E-state index is 12.9. The Morgan fingerprint density at radius 1 is 1.00 bits per heavy atom.